The normalized spacial score (nSPS) is 12.4. The molecular formula is C14H20F3N3. The lowest BCUT2D eigenvalue weighted by Gasteiger charge is -2.16. The highest BCUT2D eigenvalue weighted by Gasteiger charge is 2.29. The van der Waals surface area contributed by atoms with Gasteiger partial charge in [0.2, 0.25) is 0 Å². The fourth-order valence-corrected chi connectivity index (χ4v) is 1.66. The van der Waals surface area contributed by atoms with Gasteiger partial charge in [0.15, 0.2) is 5.96 Å². The lowest BCUT2D eigenvalue weighted by atomic mass is 10.1. The van der Waals surface area contributed by atoms with Crippen molar-refractivity contribution >= 4 is 5.96 Å². The molecule has 1 rings (SSSR count). The maximum atomic E-state index is 12.4. The van der Waals surface area contributed by atoms with Crippen LogP contribution < -0.4 is 5.32 Å². The van der Waals surface area contributed by atoms with Crippen LogP contribution in [-0.4, -0.2) is 38.0 Å². The summed E-state index contributed by atoms with van der Waals surface area (Å²) in [5.41, 5.74) is 0.225. The van der Waals surface area contributed by atoms with Crippen molar-refractivity contribution in [1.82, 2.24) is 10.2 Å². The third-order valence-electron chi connectivity index (χ3n) is 2.70. The van der Waals surface area contributed by atoms with Crippen molar-refractivity contribution in [2.75, 3.05) is 27.2 Å². The van der Waals surface area contributed by atoms with Crippen molar-refractivity contribution in [2.45, 2.75) is 19.5 Å². The fourth-order valence-electron chi connectivity index (χ4n) is 1.66. The molecule has 0 unspecified atom stereocenters. The number of hydrogen-bond acceptors (Lipinski definition) is 1. The maximum absolute atomic E-state index is 12.4. The van der Waals surface area contributed by atoms with Crippen LogP contribution in [0.5, 0.6) is 0 Å². The maximum Gasteiger partial charge on any atom is 0.416 e. The topological polar surface area (TPSA) is 27.6 Å². The van der Waals surface area contributed by atoms with Gasteiger partial charge in [-0.1, -0.05) is 12.1 Å². The van der Waals surface area contributed by atoms with E-state index in [-0.39, 0.29) is 0 Å². The molecule has 0 heterocycles. The first-order chi connectivity index (χ1) is 9.34. The van der Waals surface area contributed by atoms with Crippen LogP contribution in [0.15, 0.2) is 29.3 Å². The van der Waals surface area contributed by atoms with Crippen molar-refractivity contribution in [3.63, 3.8) is 0 Å². The van der Waals surface area contributed by atoms with E-state index in [2.05, 4.69) is 10.3 Å². The number of halogens is 3. The molecular weight excluding hydrogens is 267 g/mol. The predicted octanol–water partition coefficient (Wildman–Crippen LogP) is 2.78. The van der Waals surface area contributed by atoms with E-state index in [1.807, 2.05) is 25.9 Å². The van der Waals surface area contributed by atoms with Gasteiger partial charge in [0.1, 0.15) is 0 Å². The van der Waals surface area contributed by atoms with Crippen LogP contribution in [0.2, 0.25) is 0 Å². The minimum Gasteiger partial charge on any atom is -0.357 e. The van der Waals surface area contributed by atoms with Gasteiger partial charge in [-0.2, -0.15) is 13.2 Å². The van der Waals surface area contributed by atoms with Gasteiger partial charge in [-0.15, -0.1) is 0 Å². The second-order valence-corrected chi connectivity index (χ2v) is 4.57. The molecule has 6 heteroatoms. The Balaban J connectivity index is 2.60. The predicted molar refractivity (Wildman–Crippen MR) is 74.8 cm³/mol. The molecule has 3 nitrogen and oxygen atoms in total. The number of guanidine groups is 1. The molecule has 0 atom stereocenters. The molecule has 1 N–H and O–H groups in total. The molecule has 0 saturated carbocycles. The summed E-state index contributed by atoms with van der Waals surface area (Å²) in [5, 5.41) is 3.12. The second-order valence-electron chi connectivity index (χ2n) is 4.57. The van der Waals surface area contributed by atoms with Gasteiger partial charge in [-0.3, -0.25) is 4.99 Å². The number of aliphatic imine (C=N–C) groups is 1. The van der Waals surface area contributed by atoms with Gasteiger partial charge in [0, 0.05) is 27.2 Å². The summed E-state index contributed by atoms with van der Waals surface area (Å²) in [5.74, 6) is 0.777. The summed E-state index contributed by atoms with van der Waals surface area (Å²) in [6, 6.07) is 5.22. The van der Waals surface area contributed by atoms with E-state index < -0.39 is 11.7 Å². The van der Waals surface area contributed by atoms with Crippen LogP contribution in [0.1, 0.15) is 18.1 Å². The smallest absolute Gasteiger partial charge is 0.357 e. The van der Waals surface area contributed by atoms with Crippen molar-refractivity contribution in [3.05, 3.63) is 35.4 Å². The summed E-state index contributed by atoms with van der Waals surface area (Å²) in [7, 11) is 3.78. The number of benzene rings is 1. The van der Waals surface area contributed by atoms with E-state index in [1.165, 1.54) is 12.1 Å². The van der Waals surface area contributed by atoms with E-state index in [4.69, 9.17) is 0 Å². The lowest BCUT2D eigenvalue weighted by Crippen LogP contribution is -2.36. The third-order valence-corrected chi connectivity index (χ3v) is 2.70. The summed E-state index contributed by atoms with van der Waals surface area (Å²) >= 11 is 0. The molecule has 0 aliphatic carbocycles. The molecule has 1 aromatic rings. The average molecular weight is 287 g/mol. The number of alkyl halides is 3. The van der Waals surface area contributed by atoms with Gasteiger partial charge >= 0.3 is 6.18 Å². The summed E-state index contributed by atoms with van der Waals surface area (Å²) in [6.07, 6.45) is -3.67. The molecule has 1 aromatic carbocycles. The van der Waals surface area contributed by atoms with Crippen LogP contribution in [0, 0.1) is 0 Å². The molecule has 0 aliphatic rings. The Kier molecular flexibility index (Phi) is 5.85. The molecule has 0 bridgehead atoms. The zero-order valence-corrected chi connectivity index (χ0v) is 12.0. The quantitative estimate of drug-likeness (QED) is 0.681. The van der Waals surface area contributed by atoms with E-state index in [9.17, 15) is 13.2 Å². The zero-order chi connectivity index (χ0) is 15.2. The molecule has 0 fully saturated rings. The van der Waals surface area contributed by atoms with E-state index in [0.29, 0.717) is 13.0 Å². The van der Waals surface area contributed by atoms with Gasteiger partial charge in [0.05, 0.1) is 5.56 Å². The summed E-state index contributed by atoms with van der Waals surface area (Å²) < 4.78 is 37.2. The molecule has 112 valence electrons. The number of rotatable bonds is 4. The van der Waals surface area contributed by atoms with Crippen LogP contribution in [0.25, 0.3) is 0 Å². The Bertz CT molecular complexity index is 436. The summed E-state index contributed by atoms with van der Waals surface area (Å²) in [4.78, 5) is 6.26. The highest BCUT2D eigenvalue weighted by Crippen LogP contribution is 2.29. The Labute approximate surface area is 117 Å². The van der Waals surface area contributed by atoms with Crippen molar-refractivity contribution in [3.8, 4) is 0 Å². The van der Waals surface area contributed by atoms with Crippen LogP contribution in [0.4, 0.5) is 13.2 Å². The first-order valence-electron chi connectivity index (χ1n) is 6.46. The van der Waals surface area contributed by atoms with Crippen LogP contribution in [0.3, 0.4) is 0 Å². The van der Waals surface area contributed by atoms with Gasteiger partial charge in [0.25, 0.3) is 0 Å². The van der Waals surface area contributed by atoms with E-state index in [1.54, 1.807) is 0 Å². The number of nitrogens with zero attached hydrogens (tertiary/aromatic N) is 2. The molecule has 0 aromatic heterocycles. The Hall–Kier alpha value is -1.72. The standard InChI is InChI=1S/C14H20F3N3/c1-4-18-13(20(2)3)19-10-9-11-5-7-12(8-6-11)14(15,16)17/h5-8H,4,9-10H2,1-3H3,(H,18,19). The minimum absolute atomic E-state index is 0.534. The van der Waals surface area contributed by atoms with E-state index in [0.717, 1.165) is 30.2 Å². The lowest BCUT2D eigenvalue weighted by molar-refractivity contribution is -0.137. The molecule has 0 radical (unpaired) electrons. The summed E-state index contributed by atoms with van der Waals surface area (Å²) in [6.45, 7) is 3.29. The van der Waals surface area contributed by atoms with Gasteiger partial charge < -0.3 is 10.2 Å². The second kappa shape index (κ2) is 7.17. The number of hydrogen-bond donors (Lipinski definition) is 1. The largest absolute Gasteiger partial charge is 0.416 e. The first-order valence-corrected chi connectivity index (χ1v) is 6.46. The Morgan fingerprint density at radius 3 is 2.25 bits per heavy atom. The third kappa shape index (κ3) is 5.11. The van der Waals surface area contributed by atoms with Crippen LogP contribution in [-0.2, 0) is 12.6 Å². The molecule has 0 spiro atoms. The minimum atomic E-state index is -4.28. The average Bonchev–Trinajstić information content (AvgIpc) is 2.37. The monoisotopic (exact) mass is 287 g/mol. The molecule has 0 amide bonds. The highest BCUT2D eigenvalue weighted by atomic mass is 19.4. The van der Waals surface area contributed by atoms with Crippen LogP contribution >= 0.6 is 0 Å². The Morgan fingerprint density at radius 2 is 1.80 bits per heavy atom. The fraction of sp³-hybridized carbons (Fsp3) is 0.500. The molecule has 20 heavy (non-hydrogen) atoms. The molecule has 0 aliphatic heterocycles. The van der Waals surface area contributed by atoms with Crippen molar-refractivity contribution in [1.29, 1.82) is 0 Å². The number of nitrogens with one attached hydrogen (secondary N) is 1. The first kappa shape index (κ1) is 16.3. The van der Waals surface area contributed by atoms with Crippen molar-refractivity contribution in [2.24, 2.45) is 4.99 Å². The highest BCUT2D eigenvalue weighted by molar-refractivity contribution is 5.79. The Morgan fingerprint density at radius 1 is 1.20 bits per heavy atom. The van der Waals surface area contributed by atoms with Crippen molar-refractivity contribution < 1.29 is 13.2 Å². The zero-order valence-electron chi connectivity index (χ0n) is 12.0. The van der Waals surface area contributed by atoms with E-state index >= 15 is 0 Å². The van der Waals surface area contributed by atoms with Gasteiger partial charge in [-0.25, -0.2) is 0 Å². The molecule has 0 saturated heterocycles. The van der Waals surface area contributed by atoms with Gasteiger partial charge in [-0.05, 0) is 31.0 Å². The SMILES string of the molecule is CCNC(=NCCc1ccc(C(F)(F)F)cc1)N(C)C.